The molecule has 0 aliphatic heterocycles. The number of methoxy groups -OCH3 is 1. The topological polar surface area (TPSA) is 115 Å². The first-order chi connectivity index (χ1) is 13.6. The van der Waals surface area contributed by atoms with E-state index in [1.165, 1.54) is 30.4 Å². The number of sulfonamides is 1. The van der Waals surface area contributed by atoms with Crippen molar-refractivity contribution in [3.8, 4) is 5.75 Å². The van der Waals surface area contributed by atoms with Crippen molar-refractivity contribution in [3.63, 3.8) is 0 Å². The highest BCUT2D eigenvalue weighted by Gasteiger charge is 2.23. The van der Waals surface area contributed by atoms with Gasteiger partial charge in [-0.3, -0.25) is 4.79 Å². The van der Waals surface area contributed by atoms with Gasteiger partial charge in [0.2, 0.25) is 10.0 Å². The van der Waals surface area contributed by atoms with Crippen LogP contribution < -0.4 is 9.46 Å². The molecule has 0 atom stereocenters. The van der Waals surface area contributed by atoms with E-state index in [4.69, 9.17) is 13.9 Å². The normalized spacial score (nSPS) is 11.3. The number of esters is 1. The van der Waals surface area contributed by atoms with E-state index >= 15 is 0 Å². The maximum Gasteiger partial charge on any atom is 0.338 e. The van der Waals surface area contributed by atoms with Crippen molar-refractivity contribution in [1.29, 1.82) is 0 Å². The number of amides is 1. The average Bonchev–Trinajstić information content (AvgIpc) is 3.17. The molecule has 1 N–H and O–H groups in total. The molecule has 0 bridgehead atoms. The lowest BCUT2D eigenvalue weighted by atomic mass is 10.2. The number of furan rings is 1. The molecule has 0 spiro atoms. The average molecular weight is 424 g/mol. The summed E-state index contributed by atoms with van der Waals surface area (Å²) in [4.78, 5) is 25.6. The molecule has 0 aliphatic rings. The first kappa shape index (κ1) is 22.4. The number of carbonyl (C=O) groups is 2. The van der Waals surface area contributed by atoms with Gasteiger partial charge in [0, 0.05) is 13.1 Å². The smallest absolute Gasteiger partial charge is 0.338 e. The molecule has 1 heterocycles. The number of ether oxygens (including phenoxy) is 2. The third-order valence-corrected chi connectivity index (χ3v) is 5.49. The van der Waals surface area contributed by atoms with Crippen LogP contribution >= 0.6 is 0 Å². The fourth-order valence-electron chi connectivity index (χ4n) is 2.43. The van der Waals surface area contributed by atoms with Gasteiger partial charge in [0.25, 0.3) is 5.91 Å². The Morgan fingerprint density at radius 3 is 2.55 bits per heavy atom. The Hall–Kier alpha value is -2.85. The third kappa shape index (κ3) is 6.06. The first-order valence-corrected chi connectivity index (χ1v) is 10.3. The minimum atomic E-state index is -3.90. The standard InChI is InChI=1S/C19H24N2O7S/c1-13(2)20-29(24,25)17-10-14(7-8-16(17)26-4)19(23)28-12-18(22)21(3)11-15-6-5-9-27-15/h5-10,13,20H,11-12H2,1-4H3. The van der Waals surface area contributed by atoms with Crippen molar-refractivity contribution in [2.75, 3.05) is 20.8 Å². The van der Waals surface area contributed by atoms with E-state index in [1.54, 1.807) is 33.0 Å². The molecule has 1 amide bonds. The highest BCUT2D eigenvalue weighted by molar-refractivity contribution is 7.89. The molecule has 0 fully saturated rings. The monoisotopic (exact) mass is 424 g/mol. The van der Waals surface area contributed by atoms with E-state index in [0.29, 0.717) is 5.76 Å². The number of nitrogens with zero attached hydrogens (tertiary/aromatic N) is 1. The molecule has 0 aliphatic carbocycles. The van der Waals surface area contributed by atoms with Crippen LogP contribution in [0, 0.1) is 0 Å². The number of hydrogen-bond donors (Lipinski definition) is 1. The van der Waals surface area contributed by atoms with Gasteiger partial charge in [0.05, 0.1) is 25.5 Å². The molecule has 0 saturated heterocycles. The quantitative estimate of drug-likeness (QED) is 0.610. The van der Waals surface area contributed by atoms with Crippen LogP contribution in [0.2, 0.25) is 0 Å². The molecule has 0 unspecified atom stereocenters. The molecule has 0 saturated carbocycles. The van der Waals surface area contributed by atoms with Gasteiger partial charge in [-0.2, -0.15) is 0 Å². The highest BCUT2D eigenvalue weighted by Crippen LogP contribution is 2.25. The van der Waals surface area contributed by atoms with E-state index in [0.717, 1.165) is 6.07 Å². The maximum atomic E-state index is 12.5. The lowest BCUT2D eigenvalue weighted by molar-refractivity contribution is -0.133. The summed E-state index contributed by atoms with van der Waals surface area (Å²) in [7, 11) is -1.02. The Morgan fingerprint density at radius 1 is 1.24 bits per heavy atom. The van der Waals surface area contributed by atoms with Crippen molar-refractivity contribution < 1.29 is 31.9 Å². The molecular weight excluding hydrogens is 400 g/mol. The van der Waals surface area contributed by atoms with E-state index in [9.17, 15) is 18.0 Å². The van der Waals surface area contributed by atoms with Gasteiger partial charge >= 0.3 is 5.97 Å². The molecule has 29 heavy (non-hydrogen) atoms. The van der Waals surface area contributed by atoms with Crippen LogP contribution in [-0.4, -0.2) is 52.0 Å². The number of likely N-dealkylation sites (N-methyl/N-ethyl adjacent to an activating group) is 1. The predicted molar refractivity (Wildman–Crippen MR) is 104 cm³/mol. The van der Waals surface area contributed by atoms with Crippen molar-refractivity contribution in [2.45, 2.75) is 31.3 Å². The SMILES string of the molecule is COc1ccc(C(=O)OCC(=O)N(C)Cc2ccco2)cc1S(=O)(=O)NC(C)C. The summed E-state index contributed by atoms with van der Waals surface area (Å²) in [5, 5.41) is 0. The Balaban J connectivity index is 2.08. The van der Waals surface area contributed by atoms with Crippen LogP contribution in [0.5, 0.6) is 5.75 Å². The van der Waals surface area contributed by atoms with Gasteiger partial charge in [-0.25, -0.2) is 17.9 Å². The summed E-state index contributed by atoms with van der Waals surface area (Å²) in [5.41, 5.74) is -0.0172. The molecule has 2 rings (SSSR count). The summed E-state index contributed by atoms with van der Waals surface area (Å²) in [6, 6.07) is 6.96. The second-order valence-electron chi connectivity index (χ2n) is 6.55. The van der Waals surface area contributed by atoms with E-state index in [1.807, 2.05) is 0 Å². The Kier molecular flexibility index (Phi) is 7.40. The molecular formula is C19H24N2O7S. The Bertz CT molecular complexity index is 953. The van der Waals surface area contributed by atoms with Gasteiger partial charge in [0.1, 0.15) is 16.4 Å². The fraction of sp³-hybridized carbons (Fsp3) is 0.368. The Labute approximate surface area is 169 Å². The fourth-order valence-corrected chi connectivity index (χ4v) is 3.88. The molecule has 158 valence electrons. The second kappa shape index (κ2) is 9.57. The van der Waals surface area contributed by atoms with Crippen LogP contribution in [-0.2, 0) is 26.1 Å². The van der Waals surface area contributed by atoms with Gasteiger partial charge in [-0.1, -0.05) is 0 Å². The first-order valence-electron chi connectivity index (χ1n) is 8.78. The zero-order chi connectivity index (χ0) is 21.6. The summed E-state index contributed by atoms with van der Waals surface area (Å²) < 4.78 is 42.7. The summed E-state index contributed by atoms with van der Waals surface area (Å²) in [6.07, 6.45) is 1.50. The van der Waals surface area contributed by atoms with Gasteiger partial charge in [-0.15, -0.1) is 0 Å². The molecule has 10 heteroatoms. The third-order valence-electron chi connectivity index (χ3n) is 3.81. The minimum Gasteiger partial charge on any atom is -0.495 e. The highest BCUT2D eigenvalue weighted by atomic mass is 32.2. The molecule has 9 nitrogen and oxygen atoms in total. The minimum absolute atomic E-state index is 0.0172. The van der Waals surface area contributed by atoms with E-state index in [-0.39, 0.29) is 28.8 Å². The van der Waals surface area contributed by atoms with Crippen LogP contribution in [0.3, 0.4) is 0 Å². The van der Waals surface area contributed by atoms with Crippen molar-refractivity contribution in [3.05, 3.63) is 47.9 Å². The van der Waals surface area contributed by atoms with Crippen LogP contribution in [0.4, 0.5) is 0 Å². The largest absolute Gasteiger partial charge is 0.495 e. The Morgan fingerprint density at radius 2 is 1.97 bits per heavy atom. The van der Waals surface area contributed by atoms with E-state index < -0.39 is 28.5 Å². The molecule has 0 radical (unpaired) electrons. The number of carbonyl (C=O) groups excluding carboxylic acids is 2. The lowest BCUT2D eigenvalue weighted by Crippen LogP contribution is -2.31. The van der Waals surface area contributed by atoms with Gasteiger partial charge in [-0.05, 0) is 44.2 Å². The molecule has 1 aromatic carbocycles. The second-order valence-corrected chi connectivity index (χ2v) is 8.23. The number of nitrogens with one attached hydrogen (secondary N) is 1. The summed E-state index contributed by atoms with van der Waals surface area (Å²) in [5.74, 6) is -0.579. The number of hydrogen-bond acceptors (Lipinski definition) is 7. The van der Waals surface area contributed by atoms with Crippen LogP contribution in [0.1, 0.15) is 30.0 Å². The van der Waals surface area contributed by atoms with Gasteiger partial charge in [0.15, 0.2) is 6.61 Å². The maximum absolute atomic E-state index is 12.5. The molecule has 2 aromatic rings. The zero-order valence-corrected chi connectivity index (χ0v) is 17.5. The van der Waals surface area contributed by atoms with Crippen LogP contribution in [0.25, 0.3) is 0 Å². The van der Waals surface area contributed by atoms with Crippen molar-refractivity contribution in [1.82, 2.24) is 9.62 Å². The summed E-state index contributed by atoms with van der Waals surface area (Å²) in [6.45, 7) is 3.09. The van der Waals surface area contributed by atoms with Crippen molar-refractivity contribution >= 4 is 21.9 Å². The van der Waals surface area contributed by atoms with Crippen molar-refractivity contribution in [2.24, 2.45) is 0 Å². The number of rotatable bonds is 9. The lowest BCUT2D eigenvalue weighted by Gasteiger charge is -2.16. The van der Waals surface area contributed by atoms with E-state index in [2.05, 4.69) is 4.72 Å². The zero-order valence-electron chi connectivity index (χ0n) is 16.7. The predicted octanol–water partition coefficient (Wildman–Crippen LogP) is 1.79. The molecule has 1 aromatic heterocycles. The van der Waals surface area contributed by atoms with Gasteiger partial charge < -0.3 is 18.8 Å². The van der Waals surface area contributed by atoms with Crippen LogP contribution in [0.15, 0.2) is 45.9 Å². The summed E-state index contributed by atoms with van der Waals surface area (Å²) >= 11 is 0. The number of benzene rings is 1.